The second-order valence-electron chi connectivity index (χ2n) is 5.03. The van der Waals surface area contributed by atoms with Crippen LogP contribution in [0.15, 0.2) is 11.4 Å². The van der Waals surface area contributed by atoms with E-state index in [4.69, 9.17) is 4.74 Å². The molecule has 0 amide bonds. The number of hydrogen-bond acceptors (Lipinski definition) is 3. The van der Waals surface area contributed by atoms with E-state index in [0.29, 0.717) is 5.78 Å². The van der Waals surface area contributed by atoms with Crippen LogP contribution in [0.2, 0.25) is 0 Å². The Labute approximate surface area is 106 Å². The molecule has 2 nitrogen and oxygen atoms in total. The molecule has 2 aliphatic rings. The quantitative estimate of drug-likeness (QED) is 0.806. The first kappa shape index (κ1) is 11.4. The van der Waals surface area contributed by atoms with Gasteiger partial charge in [0, 0.05) is 29.9 Å². The standard InChI is InChI=1S/C14H18O2S/c15-14(10-4-7-16-8-5-10)12-2-1-3-13-11(12)6-9-17-13/h6,9-10,12H,1-5,7-8H2. The van der Waals surface area contributed by atoms with E-state index in [1.54, 1.807) is 0 Å². The second-order valence-corrected chi connectivity index (χ2v) is 6.03. The number of ether oxygens (including phenoxy) is 1. The number of aryl methyl sites for hydroxylation is 1. The van der Waals surface area contributed by atoms with E-state index in [1.807, 2.05) is 11.3 Å². The van der Waals surface area contributed by atoms with Gasteiger partial charge in [-0.25, -0.2) is 0 Å². The van der Waals surface area contributed by atoms with Crippen molar-refractivity contribution >= 4 is 17.1 Å². The van der Waals surface area contributed by atoms with Crippen molar-refractivity contribution in [2.45, 2.75) is 38.0 Å². The van der Waals surface area contributed by atoms with Gasteiger partial charge < -0.3 is 4.74 Å². The van der Waals surface area contributed by atoms with Crippen LogP contribution in [0.1, 0.15) is 42.0 Å². The summed E-state index contributed by atoms with van der Waals surface area (Å²) in [6.07, 6.45) is 5.25. The van der Waals surface area contributed by atoms with Crippen molar-refractivity contribution in [2.24, 2.45) is 5.92 Å². The molecular weight excluding hydrogens is 232 g/mol. The van der Waals surface area contributed by atoms with Crippen molar-refractivity contribution in [3.63, 3.8) is 0 Å². The molecule has 1 aliphatic heterocycles. The van der Waals surface area contributed by atoms with Crippen LogP contribution in [0.5, 0.6) is 0 Å². The SMILES string of the molecule is O=C(C1CCOCC1)C1CCCc2sccc21. The summed E-state index contributed by atoms with van der Waals surface area (Å²) in [7, 11) is 0. The molecule has 1 unspecified atom stereocenters. The number of carbonyl (C=O) groups excluding carboxylic acids is 1. The van der Waals surface area contributed by atoms with Gasteiger partial charge in [0.15, 0.2) is 0 Å². The normalized spacial score (nSPS) is 25.5. The molecule has 3 heteroatoms. The van der Waals surface area contributed by atoms with Crippen LogP contribution >= 0.6 is 11.3 Å². The van der Waals surface area contributed by atoms with Crippen LogP contribution in [0.25, 0.3) is 0 Å². The maximum Gasteiger partial charge on any atom is 0.143 e. The molecule has 0 spiro atoms. The van der Waals surface area contributed by atoms with Crippen LogP contribution in [0.3, 0.4) is 0 Å². The highest BCUT2D eigenvalue weighted by atomic mass is 32.1. The first-order chi connectivity index (χ1) is 8.36. The topological polar surface area (TPSA) is 26.3 Å². The Morgan fingerprint density at radius 2 is 2.12 bits per heavy atom. The fourth-order valence-corrected chi connectivity index (χ4v) is 4.04. The molecular formula is C14H18O2S. The summed E-state index contributed by atoms with van der Waals surface area (Å²) in [4.78, 5) is 14.0. The third-order valence-electron chi connectivity index (χ3n) is 4.02. The van der Waals surface area contributed by atoms with Crippen molar-refractivity contribution in [1.82, 2.24) is 0 Å². The number of rotatable bonds is 2. The Kier molecular flexibility index (Phi) is 3.30. The zero-order valence-corrected chi connectivity index (χ0v) is 10.8. The predicted octanol–water partition coefficient (Wildman–Crippen LogP) is 3.16. The summed E-state index contributed by atoms with van der Waals surface area (Å²) in [5.41, 5.74) is 1.33. The van der Waals surface area contributed by atoms with Gasteiger partial charge in [0.2, 0.25) is 0 Å². The molecule has 0 bridgehead atoms. The molecule has 1 saturated heterocycles. The third-order valence-corrected chi connectivity index (χ3v) is 5.02. The molecule has 1 aromatic heterocycles. The molecule has 0 saturated carbocycles. The average Bonchev–Trinajstić information content (AvgIpc) is 2.87. The summed E-state index contributed by atoms with van der Waals surface area (Å²) in [6.45, 7) is 1.53. The minimum Gasteiger partial charge on any atom is -0.381 e. The molecule has 0 radical (unpaired) electrons. The van der Waals surface area contributed by atoms with Crippen LogP contribution in [0.4, 0.5) is 0 Å². The summed E-state index contributed by atoms with van der Waals surface area (Å²) in [5, 5.41) is 2.14. The lowest BCUT2D eigenvalue weighted by Gasteiger charge is -2.28. The zero-order valence-electron chi connectivity index (χ0n) is 9.98. The highest BCUT2D eigenvalue weighted by molar-refractivity contribution is 7.10. The Morgan fingerprint density at radius 3 is 2.94 bits per heavy atom. The third kappa shape index (κ3) is 2.18. The minimum absolute atomic E-state index is 0.188. The predicted molar refractivity (Wildman–Crippen MR) is 68.5 cm³/mol. The Balaban J connectivity index is 1.79. The van der Waals surface area contributed by atoms with E-state index in [-0.39, 0.29) is 11.8 Å². The van der Waals surface area contributed by atoms with E-state index < -0.39 is 0 Å². The summed E-state index contributed by atoms with van der Waals surface area (Å²) >= 11 is 1.82. The minimum atomic E-state index is 0.188. The number of carbonyl (C=O) groups is 1. The van der Waals surface area contributed by atoms with Crippen molar-refractivity contribution in [3.05, 3.63) is 21.9 Å². The van der Waals surface area contributed by atoms with Gasteiger partial charge in [-0.1, -0.05) is 0 Å². The van der Waals surface area contributed by atoms with E-state index in [9.17, 15) is 4.79 Å². The van der Waals surface area contributed by atoms with E-state index in [2.05, 4.69) is 11.4 Å². The molecule has 0 aromatic carbocycles. The number of ketones is 1. The zero-order chi connectivity index (χ0) is 11.7. The average molecular weight is 250 g/mol. The molecule has 3 rings (SSSR count). The maximum atomic E-state index is 12.6. The van der Waals surface area contributed by atoms with Gasteiger partial charge in [-0.2, -0.15) is 0 Å². The largest absolute Gasteiger partial charge is 0.381 e. The molecule has 1 atom stereocenters. The smallest absolute Gasteiger partial charge is 0.143 e. The lowest BCUT2D eigenvalue weighted by atomic mass is 9.78. The van der Waals surface area contributed by atoms with Crippen LogP contribution in [0, 0.1) is 5.92 Å². The molecule has 17 heavy (non-hydrogen) atoms. The maximum absolute atomic E-state index is 12.6. The first-order valence-electron chi connectivity index (χ1n) is 6.54. The fourth-order valence-electron chi connectivity index (χ4n) is 3.05. The Morgan fingerprint density at radius 1 is 1.29 bits per heavy atom. The molecule has 2 heterocycles. The van der Waals surface area contributed by atoms with E-state index >= 15 is 0 Å². The van der Waals surface area contributed by atoms with E-state index in [0.717, 1.165) is 32.5 Å². The molecule has 0 N–H and O–H groups in total. The van der Waals surface area contributed by atoms with Gasteiger partial charge in [0.05, 0.1) is 0 Å². The van der Waals surface area contributed by atoms with Crippen LogP contribution in [-0.2, 0) is 16.0 Å². The monoisotopic (exact) mass is 250 g/mol. The van der Waals surface area contributed by atoms with Crippen LogP contribution in [-0.4, -0.2) is 19.0 Å². The van der Waals surface area contributed by atoms with Gasteiger partial charge in [0.25, 0.3) is 0 Å². The second kappa shape index (κ2) is 4.91. The van der Waals surface area contributed by atoms with E-state index in [1.165, 1.54) is 23.3 Å². The van der Waals surface area contributed by atoms with Gasteiger partial charge in [0.1, 0.15) is 5.78 Å². The summed E-state index contributed by atoms with van der Waals surface area (Å²) in [6, 6.07) is 2.17. The Hall–Kier alpha value is -0.670. The summed E-state index contributed by atoms with van der Waals surface area (Å²) < 4.78 is 5.34. The number of Topliss-reactive ketones (excluding diaryl/α,β-unsaturated/α-hetero) is 1. The molecule has 92 valence electrons. The number of hydrogen-bond donors (Lipinski definition) is 0. The van der Waals surface area contributed by atoms with Gasteiger partial charge >= 0.3 is 0 Å². The molecule has 1 fully saturated rings. The number of thiophene rings is 1. The van der Waals surface area contributed by atoms with Crippen molar-refractivity contribution < 1.29 is 9.53 Å². The highest BCUT2D eigenvalue weighted by Gasteiger charge is 2.32. The van der Waals surface area contributed by atoms with Gasteiger partial charge in [-0.3, -0.25) is 4.79 Å². The van der Waals surface area contributed by atoms with Crippen molar-refractivity contribution in [1.29, 1.82) is 0 Å². The highest BCUT2D eigenvalue weighted by Crippen LogP contribution is 2.38. The summed E-state index contributed by atoms with van der Waals surface area (Å²) in [5.74, 6) is 0.917. The number of fused-ring (bicyclic) bond motifs is 1. The molecule has 1 aromatic rings. The van der Waals surface area contributed by atoms with Crippen molar-refractivity contribution in [3.8, 4) is 0 Å². The van der Waals surface area contributed by atoms with Crippen molar-refractivity contribution in [2.75, 3.05) is 13.2 Å². The Bertz CT molecular complexity index is 404. The molecule has 1 aliphatic carbocycles. The fraction of sp³-hybridized carbons (Fsp3) is 0.643. The van der Waals surface area contributed by atoms with Crippen LogP contribution < -0.4 is 0 Å². The van der Waals surface area contributed by atoms with Gasteiger partial charge in [-0.05, 0) is 49.1 Å². The lowest BCUT2D eigenvalue weighted by Crippen LogP contribution is -2.29. The van der Waals surface area contributed by atoms with Gasteiger partial charge in [-0.15, -0.1) is 11.3 Å². The first-order valence-corrected chi connectivity index (χ1v) is 7.42. The lowest BCUT2D eigenvalue weighted by molar-refractivity contribution is -0.127.